The Morgan fingerprint density at radius 2 is 1.85 bits per heavy atom. The van der Waals surface area contributed by atoms with E-state index in [2.05, 4.69) is 46.7 Å². The van der Waals surface area contributed by atoms with E-state index < -0.39 is 0 Å². The normalized spacial score (nSPS) is 16.0. The van der Waals surface area contributed by atoms with Gasteiger partial charge >= 0.3 is 6.03 Å². The molecule has 2 aromatic carbocycles. The number of morpholine rings is 1. The highest BCUT2D eigenvalue weighted by Gasteiger charge is 2.23. The second-order valence-corrected chi connectivity index (χ2v) is 6.63. The molecule has 0 bridgehead atoms. The van der Waals surface area contributed by atoms with Crippen LogP contribution in [-0.2, 0) is 11.3 Å². The fraction of sp³-hybridized carbons (Fsp3) is 0.381. The number of hydrogen-bond donors (Lipinski definition) is 2. The molecule has 3 rings (SSSR count). The van der Waals surface area contributed by atoms with E-state index in [1.807, 2.05) is 30.3 Å². The van der Waals surface area contributed by atoms with Crippen molar-refractivity contribution in [1.82, 2.24) is 15.5 Å². The molecule has 0 aliphatic carbocycles. The molecule has 1 aliphatic heterocycles. The lowest BCUT2D eigenvalue weighted by atomic mass is 10.0. The highest BCUT2D eigenvalue weighted by atomic mass is 16.5. The molecule has 0 spiro atoms. The first-order valence-electron chi connectivity index (χ1n) is 9.16. The predicted octanol–water partition coefficient (Wildman–Crippen LogP) is 2.87. The number of nitrogens with one attached hydrogen (secondary N) is 2. The molecule has 1 unspecified atom stereocenters. The minimum atomic E-state index is -0.139. The fourth-order valence-corrected chi connectivity index (χ4v) is 3.25. The lowest BCUT2D eigenvalue weighted by Gasteiger charge is -2.35. The van der Waals surface area contributed by atoms with Crippen LogP contribution in [0, 0.1) is 6.92 Å². The number of hydrogen-bond acceptors (Lipinski definition) is 3. The van der Waals surface area contributed by atoms with Crippen molar-refractivity contribution in [3.63, 3.8) is 0 Å². The van der Waals surface area contributed by atoms with E-state index in [0.29, 0.717) is 13.1 Å². The number of amides is 2. The number of nitrogens with zero attached hydrogens (tertiary/aromatic N) is 1. The molecule has 5 heteroatoms. The molecular weight excluding hydrogens is 326 g/mol. The molecule has 2 amide bonds. The topological polar surface area (TPSA) is 53.6 Å². The molecule has 2 aromatic rings. The van der Waals surface area contributed by atoms with Crippen LogP contribution in [0.1, 0.15) is 22.7 Å². The van der Waals surface area contributed by atoms with Gasteiger partial charge in [-0.1, -0.05) is 60.2 Å². The maximum atomic E-state index is 12.2. The van der Waals surface area contributed by atoms with Crippen LogP contribution in [0.3, 0.4) is 0 Å². The summed E-state index contributed by atoms with van der Waals surface area (Å²) in [5.74, 6) is 0. The molecule has 26 heavy (non-hydrogen) atoms. The number of carbonyl (C=O) groups is 1. The van der Waals surface area contributed by atoms with Crippen molar-refractivity contribution in [1.29, 1.82) is 0 Å². The molecule has 5 nitrogen and oxygen atoms in total. The lowest BCUT2D eigenvalue weighted by molar-refractivity contribution is 0.0167. The first-order valence-corrected chi connectivity index (χ1v) is 9.16. The minimum Gasteiger partial charge on any atom is -0.379 e. The van der Waals surface area contributed by atoms with Crippen molar-refractivity contribution in [2.75, 3.05) is 32.8 Å². The zero-order chi connectivity index (χ0) is 18.2. The Morgan fingerprint density at radius 1 is 1.08 bits per heavy atom. The number of ether oxygens (including phenoxy) is 1. The summed E-state index contributed by atoms with van der Waals surface area (Å²) in [6.07, 6.45) is 0. The number of benzene rings is 2. The Bertz CT molecular complexity index is 699. The van der Waals surface area contributed by atoms with Gasteiger partial charge in [-0.25, -0.2) is 4.79 Å². The van der Waals surface area contributed by atoms with Crippen molar-refractivity contribution in [2.24, 2.45) is 0 Å². The van der Waals surface area contributed by atoms with Crippen LogP contribution in [0.15, 0.2) is 54.6 Å². The van der Waals surface area contributed by atoms with E-state index in [1.54, 1.807) is 0 Å². The highest BCUT2D eigenvalue weighted by Crippen LogP contribution is 2.22. The van der Waals surface area contributed by atoms with Crippen molar-refractivity contribution < 1.29 is 9.53 Å². The highest BCUT2D eigenvalue weighted by molar-refractivity contribution is 5.73. The Hall–Kier alpha value is -2.37. The van der Waals surface area contributed by atoms with Crippen LogP contribution in [0.2, 0.25) is 0 Å². The molecule has 1 saturated heterocycles. The van der Waals surface area contributed by atoms with Gasteiger partial charge < -0.3 is 15.4 Å². The monoisotopic (exact) mass is 353 g/mol. The van der Waals surface area contributed by atoms with E-state index in [4.69, 9.17) is 4.74 Å². The smallest absolute Gasteiger partial charge is 0.315 e. The average Bonchev–Trinajstić information content (AvgIpc) is 2.68. The third-order valence-corrected chi connectivity index (χ3v) is 4.67. The van der Waals surface area contributed by atoms with Gasteiger partial charge in [0, 0.05) is 26.2 Å². The second kappa shape index (κ2) is 9.36. The SMILES string of the molecule is Cc1cccc(C(CNC(=O)NCc2ccccc2)N2CCOCC2)c1. The van der Waals surface area contributed by atoms with Gasteiger partial charge in [0.25, 0.3) is 0 Å². The fourth-order valence-electron chi connectivity index (χ4n) is 3.25. The van der Waals surface area contributed by atoms with Crippen LogP contribution in [0.25, 0.3) is 0 Å². The molecule has 1 heterocycles. The van der Waals surface area contributed by atoms with Gasteiger partial charge in [-0.2, -0.15) is 0 Å². The van der Waals surface area contributed by atoms with Crippen molar-refractivity contribution in [3.05, 3.63) is 71.3 Å². The zero-order valence-electron chi connectivity index (χ0n) is 15.3. The molecule has 2 N–H and O–H groups in total. The summed E-state index contributed by atoms with van der Waals surface area (Å²) >= 11 is 0. The van der Waals surface area contributed by atoms with E-state index in [-0.39, 0.29) is 12.1 Å². The Labute approximate surface area is 155 Å². The molecule has 1 atom stereocenters. The molecule has 138 valence electrons. The summed E-state index contributed by atoms with van der Waals surface area (Å²) in [6, 6.07) is 18.4. The van der Waals surface area contributed by atoms with Crippen LogP contribution < -0.4 is 10.6 Å². The summed E-state index contributed by atoms with van der Waals surface area (Å²) < 4.78 is 5.48. The van der Waals surface area contributed by atoms with E-state index in [1.165, 1.54) is 11.1 Å². The van der Waals surface area contributed by atoms with Crippen molar-refractivity contribution >= 4 is 6.03 Å². The second-order valence-electron chi connectivity index (χ2n) is 6.63. The van der Waals surface area contributed by atoms with Gasteiger partial charge in [-0.3, -0.25) is 4.90 Å². The number of urea groups is 1. The molecule has 0 saturated carbocycles. The van der Waals surface area contributed by atoms with E-state index in [9.17, 15) is 4.79 Å². The molecular formula is C21H27N3O2. The summed E-state index contributed by atoms with van der Waals surface area (Å²) in [7, 11) is 0. The third-order valence-electron chi connectivity index (χ3n) is 4.67. The third kappa shape index (κ3) is 5.31. The van der Waals surface area contributed by atoms with Gasteiger partial charge in [-0.15, -0.1) is 0 Å². The van der Waals surface area contributed by atoms with Gasteiger partial charge in [0.2, 0.25) is 0 Å². The lowest BCUT2D eigenvalue weighted by Crippen LogP contribution is -2.45. The van der Waals surface area contributed by atoms with Crippen molar-refractivity contribution in [3.8, 4) is 0 Å². The largest absolute Gasteiger partial charge is 0.379 e. The van der Waals surface area contributed by atoms with Crippen LogP contribution in [0.5, 0.6) is 0 Å². The van der Waals surface area contributed by atoms with E-state index in [0.717, 1.165) is 31.9 Å². The predicted molar refractivity (Wildman–Crippen MR) is 103 cm³/mol. The van der Waals surface area contributed by atoms with Crippen LogP contribution in [-0.4, -0.2) is 43.8 Å². The molecule has 1 aliphatic rings. The number of carbonyl (C=O) groups excluding carboxylic acids is 1. The number of aryl methyl sites for hydroxylation is 1. The number of rotatable bonds is 6. The molecule has 0 radical (unpaired) electrons. The summed E-state index contributed by atoms with van der Waals surface area (Å²) in [6.45, 7) is 6.44. The average molecular weight is 353 g/mol. The quantitative estimate of drug-likeness (QED) is 0.840. The Morgan fingerprint density at radius 3 is 2.58 bits per heavy atom. The standard InChI is InChI=1S/C21H27N3O2/c1-17-6-5-9-19(14-17)20(24-10-12-26-13-11-24)16-23-21(25)22-15-18-7-3-2-4-8-18/h2-9,14,20H,10-13,15-16H2,1H3,(H2,22,23,25). The van der Waals surface area contributed by atoms with Gasteiger partial charge in [0.15, 0.2) is 0 Å². The maximum absolute atomic E-state index is 12.2. The summed E-state index contributed by atoms with van der Waals surface area (Å²) in [4.78, 5) is 14.6. The molecule has 0 aromatic heterocycles. The van der Waals surface area contributed by atoms with Gasteiger partial charge in [-0.05, 0) is 18.1 Å². The first kappa shape index (κ1) is 18.4. The summed E-state index contributed by atoms with van der Waals surface area (Å²) in [5, 5.41) is 5.96. The summed E-state index contributed by atoms with van der Waals surface area (Å²) in [5.41, 5.74) is 3.55. The Balaban J connectivity index is 1.59. The first-order chi connectivity index (χ1) is 12.7. The minimum absolute atomic E-state index is 0.139. The van der Waals surface area contributed by atoms with Crippen LogP contribution in [0.4, 0.5) is 4.79 Å². The van der Waals surface area contributed by atoms with Crippen molar-refractivity contribution in [2.45, 2.75) is 19.5 Å². The van der Waals surface area contributed by atoms with E-state index >= 15 is 0 Å². The van der Waals surface area contributed by atoms with Gasteiger partial charge in [0.05, 0.1) is 19.3 Å². The Kier molecular flexibility index (Phi) is 6.63. The van der Waals surface area contributed by atoms with Crippen LogP contribution >= 0.6 is 0 Å². The zero-order valence-corrected chi connectivity index (χ0v) is 15.3. The van der Waals surface area contributed by atoms with Gasteiger partial charge in [0.1, 0.15) is 0 Å². The molecule has 1 fully saturated rings. The maximum Gasteiger partial charge on any atom is 0.315 e.